The molecule has 0 radical (unpaired) electrons. The Morgan fingerprint density at radius 3 is 2.73 bits per heavy atom. The number of carboxylic acid groups (broad SMARTS) is 1. The zero-order valence-electron chi connectivity index (χ0n) is 7.46. The van der Waals surface area contributed by atoms with Crippen molar-refractivity contribution in [2.24, 2.45) is 0 Å². The fourth-order valence-corrected chi connectivity index (χ4v) is 1.19. The number of hydrogen-bond donors (Lipinski definition) is 1. The van der Waals surface area contributed by atoms with Gasteiger partial charge in [0.15, 0.2) is 5.69 Å². The fraction of sp³-hybridized carbons (Fsp3) is 0. The van der Waals surface area contributed by atoms with E-state index in [0.29, 0.717) is 10.8 Å². The quantitative estimate of drug-likeness (QED) is 0.840. The van der Waals surface area contributed by atoms with Gasteiger partial charge in [0.25, 0.3) is 0 Å². The molecular weight excluding hydrogens is 218 g/mol. The third-order valence-corrected chi connectivity index (χ3v) is 2.00. The van der Waals surface area contributed by atoms with Gasteiger partial charge in [0, 0.05) is 12.4 Å². The molecular formula is C9H6ClN3O2. The number of nitrogens with zero attached hydrogens (tertiary/aromatic N) is 3. The number of aromatic carboxylic acids is 1. The molecule has 2 heterocycles. The summed E-state index contributed by atoms with van der Waals surface area (Å²) in [5, 5.41) is 9.20. The van der Waals surface area contributed by atoms with Crippen LogP contribution in [0.15, 0.2) is 30.9 Å². The van der Waals surface area contributed by atoms with Crippen molar-refractivity contribution in [2.75, 3.05) is 0 Å². The number of carbonyl (C=O) groups is 1. The molecule has 1 N–H and O–H groups in total. The molecule has 5 nitrogen and oxygen atoms in total. The molecule has 0 spiro atoms. The predicted octanol–water partition coefficient (Wildman–Crippen LogP) is 1.62. The van der Waals surface area contributed by atoms with Crippen LogP contribution in [0.5, 0.6) is 0 Å². The first kappa shape index (κ1) is 9.67. The van der Waals surface area contributed by atoms with Crippen LogP contribution in [0.25, 0.3) is 5.82 Å². The Balaban J connectivity index is 2.37. The van der Waals surface area contributed by atoms with Crippen LogP contribution in [0.4, 0.5) is 0 Å². The van der Waals surface area contributed by atoms with Gasteiger partial charge in [-0.3, -0.25) is 4.57 Å². The van der Waals surface area contributed by atoms with Gasteiger partial charge in [-0.15, -0.1) is 0 Å². The zero-order chi connectivity index (χ0) is 10.8. The lowest BCUT2D eigenvalue weighted by atomic mass is 10.4. The second-order valence-corrected chi connectivity index (χ2v) is 3.24. The Morgan fingerprint density at radius 2 is 2.20 bits per heavy atom. The molecule has 0 aliphatic rings. The standard InChI is InChI=1S/C9H6ClN3O2/c10-6-1-2-8(11-3-6)13-4-7(9(14)15)12-5-13/h1-5H,(H,14,15). The van der Waals surface area contributed by atoms with Gasteiger partial charge in [0.05, 0.1) is 5.02 Å². The lowest BCUT2D eigenvalue weighted by molar-refractivity contribution is 0.0691. The molecule has 0 aliphatic carbocycles. The van der Waals surface area contributed by atoms with E-state index in [1.807, 2.05) is 0 Å². The smallest absolute Gasteiger partial charge is 0.356 e. The van der Waals surface area contributed by atoms with Crippen molar-refractivity contribution < 1.29 is 9.90 Å². The van der Waals surface area contributed by atoms with Crippen LogP contribution in [0.2, 0.25) is 5.02 Å². The first-order chi connectivity index (χ1) is 7.16. The van der Waals surface area contributed by atoms with E-state index in [9.17, 15) is 4.79 Å². The number of rotatable bonds is 2. The maximum absolute atomic E-state index is 10.6. The number of hydrogen-bond acceptors (Lipinski definition) is 3. The van der Waals surface area contributed by atoms with Crippen molar-refractivity contribution in [1.29, 1.82) is 0 Å². The molecule has 2 rings (SSSR count). The molecule has 0 amide bonds. The predicted molar refractivity (Wildman–Crippen MR) is 53.3 cm³/mol. The van der Waals surface area contributed by atoms with Crippen molar-refractivity contribution in [3.05, 3.63) is 41.6 Å². The molecule has 0 aliphatic heterocycles. The van der Waals surface area contributed by atoms with Crippen LogP contribution in [0, 0.1) is 0 Å². The van der Waals surface area contributed by atoms with E-state index >= 15 is 0 Å². The summed E-state index contributed by atoms with van der Waals surface area (Å²) in [6.45, 7) is 0. The van der Waals surface area contributed by atoms with Crippen molar-refractivity contribution in [3.63, 3.8) is 0 Å². The number of pyridine rings is 1. The van der Waals surface area contributed by atoms with Crippen LogP contribution >= 0.6 is 11.6 Å². The first-order valence-electron chi connectivity index (χ1n) is 4.06. The molecule has 15 heavy (non-hydrogen) atoms. The number of halogens is 1. The molecule has 0 atom stereocenters. The van der Waals surface area contributed by atoms with Crippen molar-refractivity contribution in [1.82, 2.24) is 14.5 Å². The molecule has 2 aromatic heterocycles. The summed E-state index contributed by atoms with van der Waals surface area (Å²) in [6, 6.07) is 3.35. The number of carboxylic acids is 1. The zero-order valence-corrected chi connectivity index (χ0v) is 8.22. The van der Waals surface area contributed by atoms with Gasteiger partial charge in [0.1, 0.15) is 12.1 Å². The lowest BCUT2D eigenvalue weighted by Gasteiger charge is -1.98. The summed E-state index contributed by atoms with van der Waals surface area (Å²) < 4.78 is 1.51. The van der Waals surface area contributed by atoms with E-state index in [1.165, 1.54) is 23.3 Å². The third kappa shape index (κ3) is 1.97. The van der Waals surface area contributed by atoms with E-state index in [4.69, 9.17) is 16.7 Å². The maximum Gasteiger partial charge on any atom is 0.356 e. The summed E-state index contributed by atoms with van der Waals surface area (Å²) >= 11 is 5.67. The van der Waals surface area contributed by atoms with Crippen LogP contribution < -0.4 is 0 Å². The highest BCUT2D eigenvalue weighted by Gasteiger charge is 2.07. The minimum Gasteiger partial charge on any atom is -0.476 e. The summed E-state index contributed by atoms with van der Waals surface area (Å²) in [6.07, 6.45) is 4.26. The molecule has 0 fully saturated rings. The van der Waals surface area contributed by atoms with Gasteiger partial charge in [-0.1, -0.05) is 11.6 Å². The van der Waals surface area contributed by atoms with Gasteiger partial charge < -0.3 is 5.11 Å². The third-order valence-electron chi connectivity index (χ3n) is 1.78. The van der Waals surface area contributed by atoms with Crippen LogP contribution in [-0.2, 0) is 0 Å². The van der Waals surface area contributed by atoms with Crippen molar-refractivity contribution >= 4 is 17.6 Å². The fourth-order valence-electron chi connectivity index (χ4n) is 1.08. The van der Waals surface area contributed by atoms with E-state index in [1.54, 1.807) is 12.1 Å². The van der Waals surface area contributed by atoms with E-state index in [-0.39, 0.29) is 5.69 Å². The highest BCUT2D eigenvalue weighted by Crippen LogP contribution is 2.10. The molecule has 0 unspecified atom stereocenters. The molecule has 76 valence electrons. The summed E-state index contributed by atoms with van der Waals surface area (Å²) in [4.78, 5) is 18.3. The molecule has 0 bridgehead atoms. The van der Waals surface area contributed by atoms with Gasteiger partial charge in [-0.2, -0.15) is 0 Å². The average Bonchev–Trinajstić information content (AvgIpc) is 2.68. The van der Waals surface area contributed by atoms with Gasteiger partial charge >= 0.3 is 5.97 Å². The molecule has 2 aromatic rings. The Labute approximate surface area is 90.0 Å². The maximum atomic E-state index is 10.6. The molecule has 0 saturated carbocycles. The minimum atomic E-state index is -1.07. The topological polar surface area (TPSA) is 68.0 Å². The Morgan fingerprint density at radius 1 is 1.40 bits per heavy atom. The van der Waals surface area contributed by atoms with Crippen molar-refractivity contribution in [2.45, 2.75) is 0 Å². The van der Waals surface area contributed by atoms with Crippen molar-refractivity contribution in [3.8, 4) is 5.82 Å². The van der Waals surface area contributed by atoms with E-state index in [0.717, 1.165) is 0 Å². The van der Waals surface area contributed by atoms with Crippen LogP contribution in [0.3, 0.4) is 0 Å². The minimum absolute atomic E-state index is 0.0215. The van der Waals surface area contributed by atoms with Gasteiger partial charge in [-0.05, 0) is 12.1 Å². The Kier molecular flexibility index (Phi) is 2.39. The number of aromatic nitrogens is 3. The monoisotopic (exact) mass is 223 g/mol. The second-order valence-electron chi connectivity index (χ2n) is 2.81. The summed E-state index contributed by atoms with van der Waals surface area (Å²) in [5.41, 5.74) is -0.0215. The highest BCUT2D eigenvalue weighted by atomic mass is 35.5. The Bertz CT molecular complexity index is 492. The second kappa shape index (κ2) is 3.70. The first-order valence-corrected chi connectivity index (χ1v) is 4.44. The van der Waals surface area contributed by atoms with Crippen LogP contribution in [-0.4, -0.2) is 25.6 Å². The SMILES string of the molecule is O=C(O)c1cn(-c2ccc(Cl)cn2)cn1. The largest absolute Gasteiger partial charge is 0.476 e. The normalized spacial score (nSPS) is 10.2. The van der Waals surface area contributed by atoms with Crippen LogP contribution in [0.1, 0.15) is 10.5 Å². The average molecular weight is 224 g/mol. The lowest BCUT2D eigenvalue weighted by Crippen LogP contribution is -1.96. The van der Waals surface area contributed by atoms with E-state index in [2.05, 4.69) is 9.97 Å². The highest BCUT2D eigenvalue weighted by molar-refractivity contribution is 6.30. The molecule has 0 aromatic carbocycles. The van der Waals surface area contributed by atoms with Gasteiger partial charge in [0.2, 0.25) is 0 Å². The summed E-state index contributed by atoms with van der Waals surface area (Å²) in [5.74, 6) is -0.498. The Hall–Kier alpha value is -1.88. The molecule has 0 saturated heterocycles. The van der Waals surface area contributed by atoms with E-state index < -0.39 is 5.97 Å². The number of imidazole rings is 1. The molecule has 6 heteroatoms. The summed E-state index contributed by atoms with van der Waals surface area (Å²) in [7, 11) is 0. The van der Waals surface area contributed by atoms with Gasteiger partial charge in [-0.25, -0.2) is 14.8 Å².